The predicted octanol–water partition coefficient (Wildman–Crippen LogP) is 3.54. The molecule has 7 heteroatoms. The van der Waals surface area contributed by atoms with Gasteiger partial charge in [-0.25, -0.2) is 0 Å². The zero-order valence-electron chi connectivity index (χ0n) is 14.8. The molecule has 2 aromatic rings. The van der Waals surface area contributed by atoms with Gasteiger partial charge in [-0.3, -0.25) is 9.69 Å². The van der Waals surface area contributed by atoms with E-state index in [-0.39, 0.29) is 5.91 Å². The average molecular weight is 380 g/mol. The minimum Gasteiger partial charge on any atom is -0.361 e. The van der Waals surface area contributed by atoms with E-state index in [1.54, 1.807) is 23.1 Å². The van der Waals surface area contributed by atoms with E-state index in [0.29, 0.717) is 18.3 Å². The second kappa shape index (κ2) is 8.87. The Kier molecular flexibility index (Phi) is 6.56. The highest BCUT2D eigenvalue weighted by atomic mass is 32.2. The molecule has 1 aliphatic heterocycles. The molecule has 3 heterocycles. The number of rotatable bonds is 8. The molecular weight excluding hydrogens is 354 g/mol. The highest BCUT2D eigenvalue weighted by molar-refractivity contribution is 7.99. The lowest BCUT2D eigenvalue weighted by Gasteiger charge is -2.26. The molecule has 0 aromatic carbocycles. The summed E-state index contributed by atoms with van der Waals surface area (Å²) in [5, 5.41) is 9.19. The maximum absolute atomic E-state index is 12.2. The predicted molar refractivity (Wildman–Crippen MR) is 103 cm³/mol. The Morgan fingerprint density at radius 1 is 1.44 bits per heavy atom. The number of aryl methyl sites for hydroxylation is 2. The number of thiophene rings is 1. The van der Waals surface area contributed by atoms with E-state index in [2.05, 4.69) is 32.9 Å². The zero-order valence-corrected chi connectivity index (χ0v) is 16.4. The largest absolute Gasteiger partial charge is 0.361 e. The summed E-state index contributed by atoms with van der Waals surface area (Å²) in [6.07, 6.45) is 2.51. The number of likely N-dealkylation sites (tertiary alicyclic amines) is 1. The second-order valence-electron chi connectivity index (χ2n) is 6.37. The number of hydrogen-bond donors (Lipinski definition) is 1. The van der Waals surface area contributed by atoms with E-state index in [1.807, 2.05) is 13.8 Å². The number of nitrogens with zero attached hydrogens (tertiary/aromatic N) is 2. The summed E-state index contributed by atoms with van der Waals surface area (Å²) in [7, 11) is 0. The van der Waals surface area contributed by atoms with Crippen molar-refractivity contribution in [3.63, 3.8) is 0 Å². The van der Waals surface area contributed by atoms with Crippen molar-refractivity contribution in [1.29, 1.82) is 0 Å². The van der Waals surface area contributed by atoms with Crippen LogP contribution < -0.4 is 5.32 Å². The fourth-order valence-electron chi connectivity index (χ4n) is 3.16. The lowest BCUT2D eigenvalue weighted by atomic mass is 10.2. The van der Waals surface area contributed by atoms with Crippen molar-refractivity contribution in [2.75, 3.05) is 25.4 Å². The first kappa shape index (κ1) is 18.5. The Bertz CT molecular complexity index is 659. The summed E-state index contributed by atoms with van der Waals surface area (Å²) < 4.78 is 5.16. The van der Waals surface area contributed by atoms with E-state index in [0.717, 1.165) is 35.9 Å². The lowest BCUT2D eigenvalue weighted by Crippen LogP contribution is -2.37. The van der Waals surface area contributed by atoms with Gasteiger partial charge >= 0.3 is 0 Å². The minimum absolute atomic E-state index is 0.0949. The molecule has 2 aromatic heterocycles. The van der Waals surface area contributed by atoms with Crippen molar-refractivity contribution in [3.8, 4) is 0 Å². The maximum Gasteiger partial charge on any atom is 0.230 e. The summed E-state index contributed by atoms with van der Waals surface area (Å²) >= 11 is 3.38. The van der Waals surface area contributed by atoms with Gasteiger partial charge in [0.15, 0.2) is 0 Å². The first-order valence-electron chi connectivity index (χ1n) is 8.69. The van der Waals surface area contributed by atoms with Crippen LogP contribution in [0.25, 0.3) is 0 Å². The van der Waals surface area contributed by atoms with Crippen molar-refractivity contribution < 1.29 is 9.32 Å². The third-order valence-electron chi connectivity index (χ3n) is 4.61. The monoisotopic (exact) mass is 379 g/mol. The molecular formula is C18H25N3O2S2. The average Bonchev–Trinajstić information content (AvgIpc) is 3.34. The summed E-state index contributed by atoms with van der Waals surface area (Å²) in [4.78, 5) is 16.1. The van der Waals surface area contributed by atoms with Crippen LogP contribution in [0, 0.1) is 13.8 Å². The molecule has 1 fully saturated rings. The van der Waals surface area contributed by atoms with Gasteiger partial charge in [0.1, 0.15) is 5.76 Å². The molecule has 0 saturated carbocycles. The fraction of sp³-hybridized carbons (Fsp3) is 0.556. The highest BCUT2D eigenvalue weighted by Gasteiger charge is 2.24. The molecule has 136 valence electrons. The molecule has 1 N–H and O–H groups in total. The molecule has 1 saturated heterocycles. The number of aromatic nitrogens is 1. The summed E-state index contributed by atoms with van der Waals surface area (Å²) in [5.41, 5.74) is 2.02. The Balaban J connectivity index is 1.46. The molecule has 1 aliphatic rings. The number of amides is 1. The quantitative estimate of drug-likeness (QED) is 0.760. The van der Waals surface area contributed by atoms with Crippen molar-refractivity contribution in [1.82, 2.24) is 15.4 Å². The summed E-state index contributed by atoms with van der Waals surface area (Å²) in [6.45, 7) is 6.79. The lowest BCUT2D eigenvalue weighted by molar-refractivity contribution is -0.118. The Morgan fingerprint density at radius 2 is 2.24 bits per heavy atom. The van der Waals surface area contributed by atoms with Crippen molar-refractivity contribution in [2.24, 2.45) is 0 Å². The molecule has 0 aliphatic carbocycles. The third kappa shape index (κ3) is 4.86. The number of hydrogen-bond acceptors (Lipinski definition) is 6. The van der Waals surface area contributed by atoms with Crippen molar-refractivity contribution in [2.45, 2.75) is 38.5 Å². The van der Waals surface area contributed by atoms with E-state index in [9.17, 15) is 4.79 Å². The van der Waals surface area contributed by atoms with Crippen LogP contribution in [0.3, 0.4) is 0 Å². The Morgan fingerprint density at radius 3 is 2.88 bits per heavy atom. The third-order valence-corrected chi connectivity index (χ3v) is 6.54. The minimum atomic E-state index is 0.0949. The molecule has 1 atom stereocenters. The SMILES string of the molecule is Cc1noc(C)c1CSCC(=O)NCC(c1cccs1)N1CCCC1. The molecule has 25 heavy (non-hydrogen) atoms. The van der Waals surface area contributed by atoms with Crippen LogP contribution in [0.15, 0.2) is 22.0 Å². The fourth-order valence-corrected chi connectivity index (χ4v) is 5.03. The maximum atomic E-state index is 12.2. The van der Waals surface area contributed by atoms with E-state index in [1.165, 1.54) is 17.7 Å². The molecule has 5 nitrogen and oxygen atoms in total. The van der Waals surface area contributed by atoms with E-state index in [4.69, 9.17) is 4.52 Å². The van der Waals surface area contributed by atoms with Gasteiger partial charge in [0.05, 0.1) is 17.5 Å². The Labute approximate surface area is 157 Å². The molecule has 1 amide bonds. The topological polar surface area (TPSA) is 58.4 Å². The Hall–Kier alpha value is -1.31. The van der Waals surface area contributed by atoms with Crippen LogP contribution in [0.5, 0.6) is 0 Å². The molecule has 0 bridgehead atoms. The number of thioether (sulfide) groups is 1. The van der Waals surface area contributed by atoms with Gasteiger partial charge < -0.3 is 9.84 Å². The van der Waals surface area contributed by atoms with Gasteiger partial charge in [0, 0.05) is 22.7 Å². The van der Waals surface area contributed by atoms with Crippen LogP contribution >= 0.6 is 23.1 Å². The van der Waals surface area contributed by atoms with Gasteiger partial charge in [-0.1, -0.05) is 11.2 Å². The molecule has 0 spiro atoms. The van der Waals surface area contributed by atoms with Crippen LogP contribution in [0.2, 0.25) is 0 Å². The van der Waals surface area contributed by atoms with Crippen LogP contribution in [0.4, 0.5) is 0 Å². The van der Waals surface area contributed by atoms with Gasteiger partial charge in [0.2, 0.25) is 5.91 Å². The molecule has 3 rings (SSSR count). The number of carbonyl (C=O) groups excluding carboxylic acids is 1. The first-order valence-corrected chi connectivity index (χ1v) is 10.7. The summed E-state index contributed by atoms with van der Waals surface area (Å²) in [5.74, 6) is 2.16. The second-order valence-corrected chi connectivity index (χ2v) is 8.34. The number of nitrogens with one attached hydrogen (secondary N) is 1. The van der Waals surface area contributed by atoms with E-state index < -0.39 is 0 Å². The highest BCUT2D eigenvalue weighted by Crippen LogP contribution is 2.28. The summed E-state index contributed by atoms with van der Waals surface area (Å²) in [6, 6.07) is 4.56. The van der Waals surface area contributed by atoms with Gasteiger partial charge in [-0.15, -0.1) is 23.1 Å². The van der Waals surface area contributed by atoms with Crippen LogP contribution in [-0.2, 0) is 10.5 Å². The van der Waals surface area contributed by atoms with Gasteiger partial charge in [-0.2, -0.15) is 0 Å². The van der Waals surface area contributed by atoms with Gasteiger partial charge in [0.25, 0.3) is 0 Å². The normalized spacial score (nSPS) is 16.2. The van der Waals surface area contributed by atoms with Crippen molar-refractivity contribution >= 4 is 29.0 Å². The smallest absolute Gasteiger partial charge is 0.230 e. The van der Waals surface area contributed by atoms with E-state index >= 15 is 0 Å². The zero-order chi connectivity index (χ0) is 17.6. The molecule has 0 radical (unpaired) electrons. The first-order chi connectivity index (χ1) is 12.1. The standard InChI is InChI=1S/C18H25N3O2S2/c1-13-15(14(2)23-20-13)11-24-12-18(22)19-10-16(17-6-5-9-25-17)21-7-3-4-8-21/h5-6,9,16H,3-4,7-8,10-12H2,1-2H3,(H,19,22). The van der Waals surface area contributed by atoms with Gasteiger partial charge in [-0.05, 0) is 51.2 Å². The van der Waals surface area contributed by atoms with Crippen molar-refractivity contribution in [3.05, 3.63) is 39.4 Å². The van der Waals surface area contributed by atoms with Crippen LogP contribution in [0.1, 0.15) is 40.8 Å². The molecule has 1 unspecified atom stereocenters. The van der Waals surface area contributed by atoms with Crippen LogP contribution in [-0.4, -0.2) is 41.4 Å². The number of carbonyl (C=O) groups is 1.